The third-order valence-corrected chi connectivity index (χ3v) is 3.31. The van der Waals surface area contributed by atoms with E-state index < -0.39 is 0 Å². The van der Waals surface area contributed by atoms with E-state index in [9.17, 15) is 0 Å². The second-order valence-electron chi connectivity index (χ2n) is 4.63. The van der Waals surface area contributed by atoms with Gasteiger partial charge in [0.15, 0.2) is 0 Å². The molecule has 0 saturated heterocycles. The zero-order valence-electron chi connectivity index (χ0n) is 11.9. The van der Waals surface area contributed by atoms with E-state index in [1.165, 1.54) is 0 Å². The van der Waals surface area contributed by atoms with Crippen LogP contribution in [0.25, 0.3) is 0 Å². The summed E-state index contributed by atoms with van der Waals surface area (Å²) in [5, 5.41) is 0.630. The van der Waals surface area contributed by atoms with Crippen LogP contribution in [0.2, 0.25) is 5.02 Å². The van der Waals surface area contributed by atoms with Crippen molar-refractivity contribution in [3.63, 3.8) is 0 Å². The van der Waals surface area contributed by atoms with Gasteiger partial charge < -0.3 is 15.2 Å². The van der Waals surface area contributed by atoms with Crippen molar-refractivity contribution < 1.29 is 9.47 Å². The first-order chi connectivity index (χ1) is 10.3. The van der Waals surface area contributed by atoms with Crippen LogP contribution >= 0.6 is 11.6 Å². The van der Waals surface area contributed by atoms with E-state index in [1.54, 1.807) is 0 Å². The molecule has 2 rings (SSSR count). The van der Waals surface area contributed by atoms with Gasteiger partial charge in [0.05, 0.1) is 18.2 Å². The van der Waals surface area contributed by atoms with Crippen LogP contribution in [0.3, 0.4) is 0 Å². The van der Waals surface area contributed by atoms with Gasteiger partial charge in [-0.3, -0.25) is 0 Å². The van der Waals surface area contributed by atoms with E-state index in [1.807, 2.05) is 48.5 Å². The van der Waals surface area contributed by atoms with Crippen LogP contribution in [0, 0.1) is 0 Å². The molecule has 2 aromatic rings. The second kappa shape index (κ2) is 8.55. The molecule has 0 aromatic heterocycles. The third kappa shape index (κ3) is 4.96. The minimum absolute atomic E-state index is 0.564. The lowest BCUT2D eigenvalue weighted by molar-refractivity contribution is 0.246. The number of hydrogen-bond acceptors (Lipinski definition) is 3. The number of nitrogens with two attached hydrogens (primary N) is 1. The molecular formula is C17H20ClNO2. The van der Waals surface area contributed by atoms with E-state index in [4.69, 9.17) is 26.8 Å². The summed E-state index contributed by atoms with van der Waals surface area (Å²) in [6.45, 7) is 1.75. The predicted octanol–water partition coefficient (Wildman–Crippen LogP) is 3.69. The first-order valence-corrected chi connectivity index (χ1v) is 7.47. The molecule has 0 aliphatic carbocycles. The van der Waals surface area contributed by atoms with E-state index in [2.05, 4.69) is 0 Å². The summed E-state index contributed by atoms with van der Waals surface area (Å²) in [5.41, 5.74) is 6.65. The quantitative estimate of drug-likeness (QED) is 0.757. The van der Waals surface area contributed by atoms with Crippen LogP contribution in [-0.2, 0) is 6.42 Å². The maximum atomic E-state index is 6.18. The Morgan fingerprint density at radius 2 is 1.67 bits per heavy atom. The van der Waals surface area contributed by atoms with Crippen molar-refractivity contribution in [2.24, 2.45) is 5.73 Å². The van der Waals surface area contributed by atoms with Gasteiger partial charge in [0, 0.05) is 6.42 Å². The Balaban J connectivity index is 1.78. The van der Waals surface area contributed by atoms with Crippen molar-refractivity contribution in [1.82, 2.24) is 0 Å². The van der Waals surface area contributed by atoms with Crippen LogP contribution < -0.4 is 15.2 Å². The topological polar surface area (TPSA) is 44.5 Å². The Hall–Kier alpha value is -1.71. The number of benzene rings is 2. The zero-order valence-corrected chi connectivity index (χ0v) is 12.7. The summed E-state index contributed by atoms with van der Waals surface area (Å²) < 4.78 is 11.4. The second-order valence-corrected chi connectivity index (χ2v) is 5.04. The van der Waals surface area contributed by atoms with Crippen molar-refractivity contribution in [3.05, 3.63) is 59.1 Å². The van der Waals surface area contributed by atoms with Gasteiger partial charge in [-0.15, -0.1) is 0 Å². The third-order valence-electron chi connectivity index (χ3n) is 3.01. The van der Waals surface area contributed by atoms with Gasteiger partial charge >= 0.3 is 0 Å². The highest BCUT2D eigenvalue weighted by atomic mass is 35.5. The van der Waals surface area contributed by atoms with E-state index in [0.29, 0.717) is 24.8 Å². The van der Waals surface area contributed by atoms with Crippen LogP contribution in [0.5, 0.6) is 11.5 Å². The first-order valence-electron chi connectivity index (χ1n) is 7.09. The highest BCUT2D eigenvalue weighted by Crippen LogP contribution is 2.29. The van der Waals surface area contributed by atoms with Gasteiger partial charge in [-0.05, 0) is 36.7 Å². The summed E-state index contributed by atoms with van der Waals surface area (Å²) in [4.78, 5) is 0. The Morgan fingerprint density at radius 3 is 2.43 bits per heavy atom. The van der Waals surface area contributed by atoms with Crippen molar-refractivity contribution in [2.45, 2.75) is 12.8 Å². The van der Waals surface area contributed by atoms with Gasteiger partial charge in [-0.2, -0.15) is 0 Å². The Morgan fingerprint density at radius 1 is 0.905 bits per heavy atom. The normalized spacial score (nSPS) is 10.4. The highest BCUT2D eigenvalue weighted by molar-refractivity contribution is 6.32. The van der Waals surface area contributed by atoms with Gasteiger partial charge in [0.2, 0.25) is 0 Å². The standard InChI is InChI=1S/C17H20ClNO2/c18-16-9-4-6-14(10-11-19)17(16)21-13-5-12-20-15-7-2-1-3-8-15/h1-4,6-9H,5,10-13,19H2. The monoisotopic (exact) mass is 305 g/mol. The Kier molecular flexibility index (Phi) is 6.38. The molecule has 0 spiro atoms. The molecule has 0 fully saturated rings. The zero-order chi connectivity index (χ0) is 14.9. The van der Waals surface area contributed by atoms with Crippen LogP contribution in [0.1, 0.15) is 12.0 Å². The highest BCUT2D eigenvalue weighted by Gasteiger charge is 2.07. The van der Waals surface area contributed by atoms with E-state index >= 15 is 0 Å². The molecule has 2 aromatic carbocycles. The van der Waals surface area contributed by atoms with E-state index in [0.717, 1.165) is 29.9 Å². The smallest absolute Gasteiger partial charge is 0.141 e. The molecule has 2 N–H and O–H groups in total. The maximum absolute atomic E-state index is 6.18. The summed E-state index contributed by atoms with van der Waals surface area (Å²) in [7, 11) is 0. The fourth-order valence-corrected chi connectivity index (χ4v) is 2.26. The molecule has 0 unspecified atom stereocenters. The maximum Gasteiger partial charge on any atom is 0.141 e. The average Bonchev–Trinajstić information content (AvgIpc) is 2.51. The van der Waals surface area contributed by atoms with Crippen molar-refractivity contribution in [1.29, 1.82) is 0 Å². The number of halogens is 1. The molecule has 4 heteroatoms. The Labute approximate surface area is 130 Å². The molecule has 112 valence electrons. The molecular weight excluding hydrogens is 286 g/mol. The molecule has 0 aliphatic rings. The SMILES string of the molecule is NCCc1cccc(Cl)c1OCCCOc1ccccc1. The van der Waals surface area contributed by atoms with Gasteiger partial charge in [-0.25, -0.2) is 0 Å². The molecule has 0 saturated carbocycles. The largest absolute Gasteiger partial charge is 0.493 e. The summed E-state index contributed by atoms with van der Waals surface area (Å²) in [6, 6.07) is 15.5. The number of ether oxygens (including phenoxy) is 2. The van der Waals surface area contributed by atoms with Crippen molar-refractivity contribution >= 4 is 11.6 Å². The molecule has 0 heterocycles. The van der Waals surface area contributed by atoms with Gasteiger partial charge in [-0.1, -0.05) is 41.9 Å². The van der Waals surface area contributed by atoms with Crippen LogP contribution in [0.4, 0.5) is 0 Å². The summed E-state index contributed by atoms with van der Waals surface area (Å²) in [5.74, 6) is 1.61. The van der Waals surface area contributed by atoms with Gasteiger partial charge in [0.1, 0.15) is 11.5 Å². The lowest BCUT2D eigenvalue weighted by Gasteiger charge is -2.13. The number of rotatable bonds is 8. The lowest BCUT2D eigenvalue weighted by Crippen LogP contribution is -2.08. The van der Waals surface area contributed by atoms with Crippen molar-refractivity contribution in [2.75, 3.05) is 19.8 Å². The predicted molar refractivity (Wildman–Crippen MR) is 86.3 cm³/mol. The number of para-hydroxylation sites is 2. The molecule has 0 aliphatic heterocycles. The minimum Gasteiger partial charge on any atom is -0.493 e. The van der Waals surface area contributed by atoms with Crippen LogP contribution in [-0.4, -0.2) is 19.8 Å². The lowest BCUT2D eigenvalue weighted by atomic mass is 10.1. The number of hydrogen-bond donors (Lipinski definition) is 1. The molecule has 21 heavy (non-hydrogen) atoms. The molecule has 0 radical (unpaired) electrons. The van der Waals surface area contributed by atoms with Crippen molar-refractivity contribution in [3.8, 4) is 11.5 Å². The Bertz CT molecular complexity index is 546. The fourth-order valence-electron chi connectivity index (χ4n) is 2.01. The van der Waals surface area contributed by atoms with Gasteiger partial charge in [0.25, 0.3) is 0 Å². The fraction of sp³-hybridized carbons (Fsp3) is 0.294. The molecule has 0 amide bonds. The van der Waals surface area contributed by atoms with E-state index in [-0.39, 0.29) is 0 Å². The summed E-state index contributed by atoms with van der Waals surface area (Å²) >= 11 is 6.18. The summed E-state index contributed by atoms with van der Waals surface area (Å²) in [6.07, 6.45) is 1.55. The first kappa shape index (κ1) is 15.7. The average molecular weight is 306 g/mol. The molecule has 0 bridgehead atoms. The molecule has 3 nitrogen and oxygen atoms in total. The minimum atomic E-state index is 0.564. The van der Waals surface area contributed by atoms with Crippen LogP contribution in [0.15, 0.2) is 48.5 Å². The molecule has 0 atom stereocenters.